The van der Waals surface area contributed by atoms with Crippen molar-refractivity contribution in [2.45, 2.75) is 63.5 Å². The molecule has 1 amide bonds. The van der Waals surface area contributed by atoms with Crippen molar-refractivity contribution in [3.05, 3.63) is 29.8 Å². The molecule has 2 atom stereocenters. The first-order valence-electron chi connectivity index (χ1n) is 9.04. The van der Waals surface area contributed by atoms with Crippen molar-refractivity contribution < 1.29 is 9.53 Å². The second kappa shape index (κ2) is 7.82. The Morgan fingerprint density at radius 2 is 1.87 bits per heavy atom. The van der Waals surface area contributed by atoms with E-state index < -0.39 is 0 Å². The number of hydrogen-bond acceptors (Lipinski definition) is 3. The van der Waals surface area contributed by atoms with Crippen LogP contribution in [0.1, 0.15) is 61.7 Å². The molecule has 0 saturated heterocycles. The standard InChI is InChI=1S/C19H28N2O2/c20-13-15-6-1-4-11-18(15)21-19(22)14-7-5-10-17(12-14)23-16-8-2-3-9-16/h5,7,10,12,15-16,18H,1-4,6,8-9,11,13,20H2,(H,21,22). The molecule has 3 rings (SSSR count). The molecule has 23 heavy (non-hydrogen) atoms. The quantitative estimate of drug-likeness (QED) is 0.876. The summed E-state index contributed by atoms with van der Waals surface area (Å²) in [6.45, 7) is 0.649. The SMILES string of the molecule is NCC1CCCCC1NC(=O)c1cccc(OC2CCCC2)c1. The van der Waals surface area contributed by atoms with Crippen molar-refractivity contribution in [3.8, 4) is 5.75 Å². The Morgan fingerprint density at radius 3 is 2.65 bits per heavy atom. The van der Waals surface area contributed by atoms with Crippen LogP contribution in [-0.4, -0.2) is 24.6 Å². The van der Waals surface area contributed by atoms with Crippen LogP contribution in [0.25, 0.3) is 0 Å². The van der Waals surface area contributed by atoms with Crippen LogP contribution >= 0.6 is 0 Å². The summed E-state index contributed by atoms with van der Waals surface area (Å²) in [5, 5.41) is 3.18. The minimum atomic E-state index is -0.00720. The number of nitrogens with two attached hydrogens (primary N) is 1. The van der Waals surface area contributed by atoms with Gasteiger partial charge in [-0.15, -0.1) is 0 Å². The van der Waals surface area contributed by atoms with E-state index >= 15 is 0 Å². The molecule has 0 bridgehead atoms. The van der Waals surface area contributed by atoms with Gasteiger partial charge in [0, 0.05) is 11.6 Å². The Bertz CT molecular complexity index is 526. The summed E-state index contributed by atoms with van der Waals surface area (Å²) in [4.78, 5) is 12.6. The smallest absolute Gasteiger partial charge is 0.251 e. The molecule has 3 N–H and O–H groups in total. The maximum Gasteiger partial charge on any atom is 0.251 e. The Morgan fingerprint density at radius 1 is 1.13 bits per heavy atom. The van der Waals surface area contributed by atoms with E-state index in [1.54, 1.807) is 0 Å². The molecule has 0 spiro atoms. The van der Waals surface area contributed by atoms with Crippen LogP contribution in [-0.2, 0) is 0 Å². The molecule has 4 nitrogen and oxygen atoms in total. The van der Waals surface area contributed by atoms with E-state index in [0.717, 1.165) is 31.4 Å². The third kappa shape index (κ3) is 4.25. The fourth-order valence-corrected chi connectivity index (χ4v) is 3.84. The maximum atomic E-state index is 12.6. The normalized spacial score (nSPS) is 25.3. The predicted octanol–water partition coefficient (Wildman–Crippen LogP) is 3.26. The van der Waals surface area contributed by atoms with Crippen LogP contribution in [0.5, 0.6) is 5.75 Å². The lowest BCUT2D eigenvalue weighted by molar-refractivity contribution is 0.0907. The van der Waals surface area contributed by atoms with Gasteiger partial charge in [0.15, 0.2) is 0 Å². The van der Waals surface area contributed by atoms with Gasteiger partial charge in [-0.1, -0.05) is 18.9 Å². The van der Waals surface area contributed by atoms with Crippen LogP contribution in [0.4, 0.5) is 0 Å². The molecule has 0 heterocycles. The zero-order valence-electron chi connectivity index (χ0n) is 13.8. The number of benzene rings is 1. The van der Waals surface area contributed by atoms with Crippen molar-refractivity contribution in [3.63, 3.8) is 0 Å². The topological polar surface area (TPSA) is 64.3 Å². The van der Waals surface area contributed by atoms with E-state index in [2.05, 4.69) is 5.32 Å². The number of rotatable bonds is 5. The predicted molar refractivity (Wildman–Crippen MR) is 91.6 cm³/mol. The third-order valence-electron chi connectivity index (χ3n) is 5.23. The lowest BCUT2D eigenvalue weighted by atomic mass is 9.84. The summed E-state index contributed by atoms with van der Waals surface area (Å²) < 4.78 is 6.00. The summed E-state index contributed by atoms with van der Waals surface area (Å²) in [5.74, 6) is 1.21. The van der Waals surface area contributed by atoms with Gasteiger partial charge in [-0.05, 0) is 69.2 Å². The number of carbonyl (C=O) groups excluding carboxylic acids is 1. The van der Waals surface area contributed by atoms with E-state index in [1.165, 1.54) is 25.7 Å². The number of amides is 1. The van der Waals surface area contributed by atoms with E-state index in [4.69, 9.17) is 10.5 Å². The number of carbonyl (C=O) groups is 1. The van der Waals surface area contributed by atoms with Gasteiger partial charge >= 0.3 is 0 Å². The summed E-state index contributed by atoms with van der Waals surface area (Å²) in [6, 6.07) is 7.78. The summed E-state index contributed by atoms with van der Waals surface area (Å²) in [5.41, 5.74) is 6.53. The highest BCUT2D eigenvalue weighted by Gasteiger charge is 2.25. The largest absolute Gasteiger partial charge is 0.490 e. The fraction of sp³-hybridized carbons (Fsp3) is 0.632. The van der Waals surface area contributed by atoms with Crippen LogP contribution in [0.15, 0.2) is 24.3 Å². The Balaban J connectivity index is 1.62. The van der Waals surface area contributed by atoms with Gasteiger partial charge in [0.1, 0.15) is 5.75 Å². The van der Waals surface area contributed by atoms with Crippen molar-refractivity contribution >= 4 is 5.91 Å². The minimum Gasteiger partial charge on any atom is -0.490 e. The molecule has 2 fully saturated rings. The zero-order valence-corrected chi connectivity index (χ0v) is 13.8. The Kier molecular flexibility index (Phi) is 5.55. The van der Waals surface area contributed by atoms with Gasteiger partial charge < -0.3 is 15.8 Å². The lowest BCUT2D eigenvalue weighted by Crippen LogP contribution is -2.44. The minimum absolute atomic E-state index is 0.00720. The first-order valence-corrected chi connectivity index (χ1v) is 9.04. The molecule has 0 radical (unpaired) electrons. The highest BCUT2D eigenvalue weighted by molar-refractivity contribution is 5.94. The first-order chi connectivity index (χ1) is 11.3. The molecule has 2 unspecified atom stereocenters. The molecule has 0 aliphatic heterocycles. The average Bonchev–Trinajstić information content (AvgIpc) is 3.08. The molecule has 126 valence electrons. The summed E-state index contributed by atoms with van der Waals surface area (Å²) in [7, 11) is 0. The maximum absolute atomic E-state index is 12.6. The van der Waals surface area contributed by atoms with Crippen LogP contribution in [0.3, 0.4) is 0 Å². The molecule has 0 aromatic heterocycles. The summed E-state index contributed by atoms with van der Waals surface area (Å²) >= 11 is 0. The molecule has 4 heteroatoms. The monoisotopic (exact) mass is 316 g/mol. The molecule has 2 aliphatic carbocycles. The number of hydrogen-bond donors (Lipinski definition) is 2. The van der Waals surface area contributed by atoms with Gasteiger partial charge in [0.25, 0.3) is 5.91 Å². The first kappa shape index (κ1) is 16.3. The average molecular weight is 316 g/mol. The third-order valence-corrected chi connectivity index (χ3v) is 5.23. The van der Waals surface area contributed by atoms with Crippen LogP contribution in [0.2, 0.25) is 0 Å². The van der Waals surface area contributed by atoms with E-state index in [9.17, 15) is 4.79 Å². The van der Waals surface area contributed by atoms with Crippen LogP contribution < -0.4 is 15.8 Å². The van der Waals surface area contributed by atoms with E-state index in [0.29, 0.717) is 24.1 Å². The van der Waals surface area contributed by atoms with Gasteiger partial charge in [0.05, 0.1) is 6.10 Å². The molecule has 1 aromatic rings. The van der Waals surface area contributed by atoms with Gasteiger partial charge in [-0.25, -0.2) is 0 Å². The molecular weight excluding hydrogens is 288 g/mol. The molecule has 2 aliphatic rings. The zero-order chi connectivity index (χ0) is 16.1. The van der Waals surface area contributed by atoms with Crippen molar-refractivity contribution in [2.75, 3.05) is 6.54 Å². The van der Waals surface area contributed by atoms with Crippen molar-refractivity contribution in [1.82, 2.24) is 5.32 Å². The number of ether oxygens (including phenoxy) is 1. The van der Waals surface area contributed by atoms with Crippen molar-refractivity contribution in [1.29, 1.82) is 0 Å². The fourth-order valence-electron chi connectivity index (χ4n) is 3.84. The molecule has 1 aromatic carbocycles. The van der Waals surface area contributed by atoms with Gasteiger partial charge in [0.2, 0.25) is 0 Å². The highest BCUT2D eigenvalue weighted by Crippen LogP contribution is 2.26. The van der Waals surface area contributed by atoms with Crippen LogP contribution in [0, 0.1) is 5.92 Å². The Hall–Kier alpha value is -1.55. The Labute approximate surface area is 138 Å². The van der Waals surface area contributed by atoms with Crippen molar-refractivity contribution in [2.24, 2.45) is 11.7 Å². The van der Waals surface area contributed by atoms with Gasteiger partial charge in [-0.3, -0.25) is 4.79 Å². The summed E-state index contributed by atoms with van der Waals surface area (Å²) in [6.07, 6.45) is 9.59. The highest BCUT2D eigenvalue weighted by atomic mass is 16.5. The lowest BCUT2D eigenvalue weighted by Gasteiger charge is -2.31. The number of nitrogens with one attached hydrogen (secondary N) is 1. The van der Waals surface area contributed by atoms with Gasteiger partial charge in [-0.2, -0.15) is 0 Å². The molecule has 2 saturated carbocycles. The molecular formula is C19H28N2O2. The second-order valence-corrected chi connectivity index (χ2v) is 6.91. The van der Waals surface area contributed by atoms with E-state index in [1.807, 2.05) is 24.3 Å². The second-order valence-electron chi connectivity index (χ2n) is 6.91. The van der Waals surface area contributed by atoms with E-state index in [-0.39, 0.29) is 11.9 Å².